The number of H-pyrrole nitrogens is 1. The van der Waals surface area contributed by atoms with E-state index in [1.54, 1.807) is 19.7 Å². The number of methoxy groups -OCH3 is 1. The van der Waals surface area contributed by atoms with Crippen molar-refractivity contribution in [2.45, 2.75) is 32.9 Å². The van der Waals surface area contributed by atoms with E-state index < -0.39 is 0 Å². The molecule has 1 atom stereocenters. The summed E-state index contributed by atoms with van der Waals surface area (Å²) in [5, 5.41) is 0. The number of hydrogen-bond acceptors (Lipinski definition) is 4. The zero-order chi connectivity index (χ0) is 17.4. The van der Waals surface area contributed by atoms with Crippen LogP contribution >= 0.6 is 0 Å². The molecule has 0 aliphatic carbocycles. The Bertz CT molecular complexity index is 867. The Balaban J connectivity index is 1.69. The molecule has 130 valence electrons. The fourth-order valence-electron chi connectivity index (χ4n) is 3.76. The Morgan fingerprint density at radius 3 is 2.92 bits per heavy atom. The number of aromatic nitrogens is 2. The summed E-state index contributed by atoms with van der Waals surface area (Å²) in [5.74, 6) is 0.945. The lowest BCUT2D eigenvalue weighted by Gasteiger charge is -2.35. The molecule has 1 N–H and O–H groups in total. The van der Waals surface area contributed by atoms with Crippen LogP contribution in [0.1, 0.15) is 39.7 Å². The second-order valence-corrected chi connectivity index (χ2v) is 6.62. The summed E-state index contributed by atoms with van der Waals surface area (Å²) in [6.07, 6.45) is 6.34. The summed E-state index contributed by atoms with van der Waals surface area (Å²) in [6.45, 7) is 6.14. The minimum Gasteiger partial charge on any atom is -0.496 e. The predicted octanol–water partition coefficient (Wildman–Crippen LogP) is 3.78. The molecule has 3 aromatic rings. The first kappa shape index (κ1) is 16.0. The fraction of sp³-hybridized carbons (Fsp3) is 0.350. The van der Waals surface area contributed by atoms with Gasteiger partial charge in [-0.1, -0.05) is 6.07 Å². The maximum Gasteiger partial charge on any atom is 0.122 e. The third-order valence-electron chi connectivity index (χ3n) is 5.33. The summed E-state index contributed by atoms with van der Waals surface area (Å²) in [5.41, 5.74) is 7.30. The molecule has 0 saturated carbocycles. The molecule has 25 heavy (non-hydrogen) atoms. The summed E-state index contributed by atoms with van der Waals surface area (Å²) in [4.78, 5) is 10.4. The van der Waals surface area contributed by atoms with Crippen molar-refractivity contribution in [1.82, 2.24) is 14.9 Å². The maximum atomic E-state index is 5.45. The Labute approximate surface area is 147 Å². The van der Waals surface area contributed by atoms with Gasteiger partial charge >= 0.3 is 0 Å². The van der Waals surface area contributed by atoms with Crippen LogP contribution in [0.25, 0.3) is 0 Å². The Kier molecular flexibility index (Phi) is 4.09. The molecular formula is C20H23N3O2. The van der Waals surface area contributed by atoms with E-state index in [1.807, 2.05) is 12.3 Å². The van der Waals surface area contributed by atoms with Crippen molar-refractivity contribution in [1.29, 1.82) is 0 Å². The number of nitrogens with one attached hydrogen (secondary N) is 1. The molecule has 5 nitrogen and oxygen atoms in total. The first-order chi connectivity index (χ1) is 12.2. The van der Waals surface area contributed by atoms with Crippen molar-refractivity contribution in [2.24, 2.45) is 0 Å². The van der Waals surface area contributed by atoms with E-state index in [-0.39, 0.29) is 6.04 Å². The third kappa shape index (κ3) is 2.74. The van der Waals surface area contributed by atoms with Gasteiger partial charge in [0.15, 0.2) is 0 Å². The number of furan rings is 1. The van der Waals surface area contributed by atoms with Crippen molar-refractivity contribution in [2.75, 3.05) is 13.7 Å². The highest BCUT2D eigenvalue weighted by molar-refractivity contribution is 5.44. The molecule has 0 fully saturated rings. The average Bonchev–Trinajstić information content (AvgIpc) is 3.30. The Hall–Kier alpha value is -2.53. The monoisotopic (exact) mass is 337 g/mol. The maximum absolute atomic E-state index is 5.45. The van der Waals surface area contributed by atoms with Crippen molar-refractivity contribution in [3.63, 3.8) is 0 Å². The van der Waals surface area contributed by atoms with Crippen LogP contribution in [0, 0.1) is 13.8 Å². The lowest BCUT2D eigenvalue weighted by Crippen LogP contribution is -2.35. The van der Waals surface area contributed by atoms with E-state index >= 15 is 0 Å². The molecule has 0 spiro atoms. The van der Waals surface area contributed by atoms with Gasteiger partial charge in [0.2, 0.25) is 0 Å². The molecule has 1 aliphatic rings. The molecule has 0 radical (unpaired) electrons. The van der Waals surface area contributed by atoms with Crippen LogP contribution in [0.2, 0.25) is 0 Å². The van der Waals surface area contributed by atoms with Gasteiger partial charge in [0.05, 0.1) is 37.7 Å². The number of rotatable bonds is 4. The van der Waals surface area contributed by atoms with Gasteiger partial charge in [0, 0.05) is 30.8 Å². The van der Waals surface area contributed by atoms with E-state index in [0.717, 1.165) is 36.5 Å². The average molecular weight is 337 g/mol. The van der Waals surface area contributed by atoms with Gasteiger partial charge in [-0.3, -0.25) is 4.90 Å². The number of hydrogen-bond donors (Lipinski definition) is 1. The molecule has 0 amide bonds. The highest BCUT2D eigenvalue weighted by Gasteiger charge is 2.31. The summed E-state index contributed by atoms with van der Waals surface area (Å²) in [7, 11) is 1.72. The molecule has 1 aliphatic heterocycles. The second kappa shape index (κ2) is 6.41. The van der Waals surface area contributed by atoms with Crippen LogP contribution in [0.4, 0.5) is 0 Å². The van der Waals surface area contributed by atoms with Crippen LogP contribution < -0.4 is 4.74 Å². The quantitative estimate of drug-likeness (QED) is 0.787. The van der Waals surface area contributed by atoms with Crippen LogP contribution in [0.3, 0.4) is 0 Å². The smallest absolute Gasteiger partial charge is 0.122 e. The first-order valence-electron chi connectivity index (χ1n) is 8.60. The number of fused-ring (bicyclic) bond motifs is 1. The van der Waals surface area contributed by atoms with Crippen molar-refractivity contribution < 1.29 is 9.15 Å². The van der Waals surface area contributed by atoms with Crippen LogP contribution in [-0.2, 0) is 13.0 Å². The van der Waals surface area contributed by atoms with Crippen molar-refractivity contribution in [3.05, 3.63) is 70.7 Å². The highest BCUT2D eigenvalue weighted by Crippen LogP contribution is 2.35. The highest BCUT2D eigenvalue weighted by atomic mass is 16.5. The lowest BCUT2D eigenvalue weighted by molar-refractivity contribution is 0.199. The van der Waals surface area contributed by atoms with Gasteiger partial charge in [0.25, 0.3) is 0 Å². The topological polar surface area (TPSA) is 54.3 Å². The summed E-state index contributed by atoms with van der Waals surface area (Å²) < 4.78 is 10.8. The predicted molar refractivity (Wildman–Crippen MR) is 95.7 cm³/mol. The zero-order valence-electron chi connectivity index (χ0n) is 14.9. The minimum atomic E-state index is 0.121. The molecular weight excluding hydrogens is 314 g/mol. The molecule has 3 heterocycles. The molecule has 4 rings (SSSR count). The Morgan fingerprint density at radius 2 is 2.16 bits per heavy atom. The van der Waals surface area contributed by atoms with Gasteiger partial charge in [-0.05, 0) is 42.7 Å². The largest absolute Gasteiger partial charge is 0.496 e. The van der Waals surface area contributed by atoms with Gasteiger partial charge in [-0.15, -0.1) is 0 Å². The first-order valence-corrected chi connectivity index (χ1v) is 8.60. The van der Waals surface area contributed by atoms with Crippen molar-refractivity contribution in [3.8, 4) is 5.75 Å². The van der Waals surface area contributed by atoms with Crippen molar-refractivity contribution >= 4 is 0 Å². The number of imidazole rings is 1. The molecule has 5 heteroatoms. The minimum absolute atomic E-state index is 0.121. The molecule has 0 bridgehead atoms. The number of ether oxygens (including phenoxy) is 1. The van der Waals surface area contributed by atoms with E-state index in [0.29, 0.717) is 0 Å². The number of aromatic amines is 1. The zero-order valence-corrected chi connectivity index (χ0v) is 14.9. The SMILES string of the molecule is COc1ccc(CN2CCc3[nH]cnc3[C@H]2c2ccoc2)c(C)c1C. The van der Waals surface area contributed by atoms with Gasteiger partial charge in [0.1, 0.15) is 5.75 Å². The standard InChI is InChI=1S/C20H23N3O2/c1-13-14(2)18(24-3)5-4-15(13)10-23-8-6-17-19(22-12-21-17)20(23)16-7-9-25-11-16/h4-5,7,9,11-12,20H,6,8,10H2,1-3H3,(H,21,22)/t20-/m1/s1. The number of nitrogens with zero attached hydrogens (tertiary/aromatic N) is 2. The van der Waals surface area contributed by atoms with Gasteiger partial charge in [-0.2, -0.15) is 0 Å². The van der Waals surface area contributed by atoms with E-state index in [4.69, 9.17) is 9.15 Å². The molecule has 0 unspecified atom stereocenters. The lowest BCUT2D eigenvalue weighted by atomic mass is 9.95. The molecule has 1 aromatic carbocycles. The van der Waals surface area contributed by atoms with E-state index in [9.17, 15) is 0 Å². The fourth-order valence-corrected chi connectivity index (χ4v) is 3.76. The molecule has 2 aromatic heterocycles. The van der Waals surface area contributed by atoms with Crippen LogP contribution in [-0.4, -0.2) is 28.5 Å². The van der Waals surface area contributed by atoms with Crippen LogP contribution in [0.5, 0.6) is 5.75 Å². The normalized spacial score (nSPS) is 17.5. The Morgan fingerprint density at radius 1 is 1.28 bits per heavy atom. The van der Waals surface area contributed by atoms with Gasteiger partial charge < -0.3 is 14.1 Å². The number of benzene rings is 1. The molecule has 0 saturated heterocycles. The summed E-state index contributed by atoms with van der Waals surface area (Å²) in [6, 6.07) is 6.39. The van der Waals surface area contributed by atoms with Crippen LogP contribution in [0.15, 0.2) is 41.5 Å². The van der Waals surface area contributed by atoms with E-state index in [1.165, 1.54) is 22.4 Å². The third-order valence-corrected chi connectivity index (χ3v) is 5.33. The second-order valence-electron chi connectivity index (χ2n) is 6.62. The van der Waals surface area contributed by atoms with Gasteiger partial charge in [-0.25, -0.2) is 4.98 Å². The summed E-state index contributed by atoms with van der Waals surface area (Å²) >= 11 is 0. The van der Waals surface area contributed by atoms with E-state index in [2.05, 4.69) is 40.8 Å².